The van der Waals surface area contributed by atoms with Gasteiger partial charge in [-0.3, -0.25) is 14.5 Å². The van der Waals surface area contributed by atoms with E-state index < -0.39 is 0 Å². The largest absolute Gasteiger partial charge is 0.482 e. The Morgan fingerprint density at radius 2 is 2.18 bits per heavy atom. The molecule has 0 bridgehead atoms. The van der Waals surface area contributed by atoms with E-state index in [1.165, 1.54) is 4.90 Å². The zero-order valence-electron chi connectivity index (χ0n) is 12.2. The second-order valence-electron chi connectivity index (χ2n) is 4.58. The highest BCUT2D eigenvalue weighted by atomic mass is 79.9. The van der Waals surface area contributed by atoms with E-state index in [-0.39, 0.29) is 37.4 Å². The molecule has 0 unspecified atom stereocenters. The van der Waals surface area contributed by atoms with Gasteiger partial charge in [0.05, 0.1) is 5.69 Å². The Kier molecular flexibility index (Phi) is 7.64. The fourth-order valence-corrected chi connectivity index (χ4v) is 2.36. The molecule has 2 amide bonds. The molecule has 0 aromatic heterocycles. The van der Waals surface area contributed by atoms with Crippen LogP contribution in [0.5, 0.6) is 5.75 Å². The van der Waals surface area contributed by atoms with E-state index >= 15 is 0 Å². The topological polar surface area (TPSA) is 70.7 Å². The first-order valence-corrected chi connectivity index (χ1v) is 7.61. The minimum atomic E-state index is -0.216. The van der Waals surface area contributed by atoms with Gasteiger partial charge in [-0.15, -0.1) is 12.4 Å². The first kappa shape index (κ1) is 18.7. The summed E-state index contributed by atoms with van der Waals surface area (Å²) in [6, 6.07) is 5.37. The van der Waals surface area contributed by atoms with E-state index in [4.69, 9.17) is 4.74 Å². The van der Waals surface area contributed by atoms with Gasteiger partial charge in [0.25, 0.3) is 5.91 Å². The van der Waals surface area contributed by atoms with Crippen molar-refractivity contribution in [3.8, 4) is 5.75 Å². The molecule has 0 fully saturated rings. The third-order valence-electron chi connectivity index (χ3n) is 3.04. The van der Waals surface area contributed by atoms with Crippen LogP contribution in [0.1, 0.15) is 6.92 Å². The lowest BCUT2D eigenvalue weighted by Crippen LogP contribution is -2.46. The molecule has 8 heteroatoms. The average Bonchev–Trinajstić information content (AvgIpc) is 2.46. The first-order chi connectivity index (χ1) is 10.1. The van der Waals surface area contributed by atoms with E-state index in [1.807, 2.05) is 13.0 Å². The summed E-state index contributed by atoms with van der Waals surface area (Å²) < 4.78 is 6.24. The maximum Gasteiger partial charge on any atom is 0.265 e. The van der Waals surface area contributed by atoms with Gasteiger partial charge in [-0.05, 0) is 24.7 Å². The van der Waals surface area contributed by atoms with E-state index in [0.717, 1.165) is 11.0 Å². The van der Waals surface area contributed by atoms with Crippen molar-refractivity contribution in [2.45, 2.75) is 6.92 Å². The van der Waals surface area contributed by atoms with Crippen LogP contribution < -0.4 is 20.3 Å². The van der Waals surface area contributed by atoms with Crippen molar-refractivity contribution in [1.29, 1.82) is 0 Å². The molecule has 0 spiro atoms. The molecule has 0 aliphatic carbocycles. The predicted molar refractivity (Wildman–Crippen MR) is 90.8 cm³/mol. The summed E-state index contributed by atoms with van der Waals surface area (Å²) in [6.07, 6.45) is 0. The van der Waals surface area contributed by atoms with E-state index in [0.29, 0.717) is 24.5 Å². The lowest BCUT2D eigenvalue weighted by molar-refractivity contribution is -0.125. The number of carbonyl (C=O) groups excluding carboxylic acids is 2. The maximum atomic E-state index is 12.0. The number of benzene rings is 1. The number of likely N-dealkylation sites (N-methyl/N-ethyl adjacent to an activating group) is 1. The van der Waals surface area contributed by atoms with Crippen molar-refractivity contribution >= 4 is 45.8 Å². The smallest absolute Gasteiger partial charge is 0.265 e. The molecule has 0 radical (unpaired) electrons. The quantitative estimate of drug-likeness (QED) is 0.717. The number of nitrogens with one attached hydrogen (secondary N) is 2. The number of amides is 2. The van der Waals surface area contributed by atoms with Gasteiger partial charge >= 0.3 is 0 Å². The summed E-state index contributed by atoms with van der Waals surface area (Å²) >= 11 is 3.36. The first-order valence-electron chi connectivity index (χ1n) is 6.82. The third kappa shape index (κ3) is 4.86. The highest BCUT2D eigenvalue weighted by molar-refractivity contribution is 9.10. The SMILES string of the molecule is CCNCCNC(=O)CN1C(=O)COc2cc(Br)ccc21.Cl. The summed E-state index contributed by atoms with van der Waals surface area (Å²) in [5.41, 5.74) is 0.622. The Labute approximate surface area is 144 Å². The van der Waals surface area contributed by atoms with Crippen molar-refractivity contribution in [2.75, 3.05) is 37.7 Å². The van der Waals surface area contributed by atoms with Gasteiger partial charge in [-0.1, -0.05) is 22.9 Å². The van der Waals surface area contributed by atoms with Crippen LogP contribution in [-0.4, -0.2) is 44.6 Å². The Morgan fingerprint density at radius 3 is 2.91 bits per heavy atom. The second-order valence-corrected chi connectivity index (χ2v) is 5.50. The Balaban J connectivity index is 0.00000242. The van der Waals surface area contributed by atoms with Crippen molar-refractivity contribution in [3.63, 3.8) is 0 Å². The average molecular weight is 393 g/mol. The molecule has 22 heavy (non-hydrogen) atoms. The normalized spacial score (nSPS) is 13.0. The van der Waals surface area contributed by atoms with E-state index in [9.17, 15) is 9.59 Å². The lowest BCUT2D eigenvalue weighted by Gasteiger charge is -2.29. The Bertz CT molecular complexity index is 542. The minimum Gasteiger partial charge on any atom is -0.482 e. The number of ether oxygens (including phenoxy) is 1. The number of hydrogen-bond donors (Lipinski definition) is 2. The fraction of sp³-hybridized carbons (Fsp3) is 0.429. The van der Waals surface area contributed by atoms with Crippen LogP contribution in [0.15, 0.2) is 22.7 Å². The highest BCUT2D eigenvalue weighted by Crippen LogP contribution is 2.34. The maximum absolute atomic E-state index is 12.0. The third-order valence-corrected chi connectivity index (χ3v) is 3.53. The molecule has 0 saturated heterocycles. The highest BCUT2D eigenvalue weighted by Gasteiger charge is 2.27. The van der Waals surface area contributed by atoms with Crippen molar-refractivity contribution in [3.05, 3.63) is 22.7 Å². The molecule has 1 aromatic carbocycles. The summed E-state index contributed by atoms with van der Waals surface area (Å²) in [7, 11) is 0. The molecule has 1 aromatic rings. The molecule has 2 N–H and O–H groups in total. The number of hydrogen-bond acceptors (Lipinski definition) is 4. The van der Waals surface area contributed by atoms with Gasteiger partial charge < -0.3 is 15.4 Å². The molecule has 6 nitrogen and oxygen atoms in total. The second kappa shape index (κ2) is 8.97. The summed E-state index contributed by atoms with van der Waals surface area (Å²) in [5, 5.41) is 5.90. The zero-order chi connectivity index (χ0) is 15.2. The van der Waals surface area contributed by atoms with Crippen LogP contribution in [0.25, 0.3) is 0 Å². The van der Waals surface area contributed by atoms with Crippen LogP contribution in [-0.2, 0) is 9.59 Å². The van der Waals surface area contributed by atoms with Gasteiger partial charge in [0.1, 0.15) is 12.3 Å². The van der Waals surface area contributed by atoms with Crippen LogP contribution in [0.4, 0.5) is 5.69 Å². The molecule has 2 rings (SSSR count). The lowest BCUT2D eigenvalue weighted by atomic mass is 10.2. The molecule has 1 heterocycles. The van der Waals surface area contributed by atoms with Crippen LogP contribution >= 0.6 is 28.3 Å². The van der Waals surface area contributed by atoms with Gasteiger partial charge in [0.2, 0.25) is 5.91 Å². The van der Waals surface area contributed by atoms with Gasteiger partial charge in [-0.2, -0.15) is 0 Å². The summed E-state index contributed by atoms with van der Waals surface area (Å²) in [4.78, 5) is 25.3. The number of rotatable bonds is 6. The van der Waals surface area contributed by atoms with Crippen LogP contribution in [0.2, 0.25) is 0 Å². The molecule has 0 atom stereocenters. The molecule has 1 aliphatic rings. The zero-order valence-corrected chi connectivity index (χ0v) is 14.6. The molecule has 1 aliphatic heterocycles. The van der Waals surface area contributed by atoms with E-state index in [2.05, 4.69) is 26.6 Å². The Morgan fingerprint density at radius 1 is 1.41 bits per heavy atom. The summed E-state index contributed by atoms with van der Waals surface area (Å²) in [6.45, 7) is 4.07. The number of anilines is 1. The monoisotopic (exact) mass is 391 g/mol. The molecular weight excluding hydrogens is 374 g/mol. The van der Waals surface area contributed by atoms with Gasteiger partial charge in [-0.25, -0.2) is 0 Å². The van der Waals surface area contributed by atoms with Crippen molar-refractivity contribution in [1.82, 2.24) is 10.6 Å². The van der Waals surface area contributed by atoms with Gasteiger partial charge in [0.15, 0.2) is 6.61 Å². The van der Waals surface area contributed by atoms with Crippen molar-refractivity contribution < 1.29 is 14.3 Å². The fourth-order valence-electron chi connectivity index (χ4n) is 2.02. The number of nitrogens with zero attached hydrogens (tertiary/aromatic N) is 1. The van der Waals surface area contributed by atoms with Crippen molar-refractivity contribution in [2.24, 2.45) is 0 Å². The standard InChI is InChI=1S/C14H18BrN3O3.ClH/c1-2-16-5-6-17-13(19)8-18-11-4-3-10(15)7-12(11)21-9-14(18)20;/h3-4,7,16H,2,5-6,8-9H2,1H3,(H,17,19);1H. The number of fused-ring (bicyclic) bond motifs is 1. The van der Waals surface area contributed by atoms with E-state index in [1.54, 1.807) is 12.1 Å². The summed E-state index contributed by atoms with van der Waals surface area (Å²) in [5.74, 6) is 0.202. The van der Waals surface area contributed by atoms with Gasteiger partial charge in [0, 0.05) is 17.6 Å². The van der Waals surface area contributed by atoms with Crippen LogP contribution in [0.3, 0.4) is 0 Å². The van der Waals surface area contributed by atoms with Crippen LogP contribution in [0, 0.1) is 0 Å². The Hall–Kier alpha value is -1.31. The molecular formula is C14H19BrClN3O3. The molecule has 122 valence electrons. The number of halogens is 2. The molecule has 0 saturated carbocycles. The minimum absolute atomic E-state index is 0. The predicted octanol–water partition coefficient (Wildman–Crippen LogP) is 1.32. The number of carbonyl (C=O) groups is 2.